The second-order valence-corrected chi connectivity index (χ2v) is 6.46. The van der Waals surface area contributed by atoms with Gasteiger partial charge < -0.3 is 19.2 Å². The van der Waals surface area contributed by atoms with Crippen molar-refractivity contribution in [2.45, 2.75) is 12.8 Å². The quantitative estimate of drug-likeness (QED) is 0.575. The van der Waals surface area contributed by atoms with Gasteiger partial charge in [-0.05, 0) is 42.5 Å². The number of carbonyl (C=O) groups is 3. The van der Waals surface area contributed by atoms with E-state index in [9.17, 15) is 18.8 Å². The van der Waals surface area contributed by atoms with Gasteiger partial charge in [0.15, 0.2) is 11.7 Å². The Kier molecular flexibility index (Phi) is 6.76. The molecule has 8 nitrogen and oxygen atoms in total. The van der Waals surface area contributed by atoms with Crippen molar-refractivity contribution in [1.82, 2.24) is 4.98 Å². The van der Waals surface area contributed by atoms with Crippen LogP contribution in [0.5, 0.6) is 0 Å². The lowest BCUT2D eigenvalue weighted by molar-refractivity contribution is -0.116. The summed E-state index contributed by atoms with van der Waals surface area (Å²) in [6, 6.07) is 9.88. The number of ether oxygens (including phenoxy) is 2. The molecule has 3 aromatic rings. The normalized spacial score (nSPS) is 10.4. The van der Waals surface area contributed by atoms with Crippen molar-refractivity contribution in [1.29, 1.82) is 0 Å². The van der Waals surface area contributed by atoms with E-state index in [2.05, 4.69) is 19.8 Å². The van der Waals surface area contributed by atoms with Crippen molar-refractivity contribution in [3.8, 4) is 11.3 Å². The van der Waals surface area contributed by atoms with Crippen LogP contribution >= 0.6 is 0 Å². The minimum atomic E-state index is -0.658. The maximum Gasteiger partial charge on any atom is 0.337 e. The van der Waals surface area contributed by atoms with Gasteiger partial charge in [-0.3, -0.25) is 4.79 Å². The topological polar surface area (TPSA) is 108 Å². The van der Waals surface area contributed by atoms with Crippen LogP contribution in [0.25, 0.3) is 11.3 Å². The fourth-order valence-corrected chi connectivity index (χ4v) is 2.79. The van der Waals surface area contributed by atoms with Crippen molar-refractivity contribution >= 4 is 23.5 Å². The van der Waals surface area contributed by atoms with Gasteiger partial charge in [0.1, 0.15) is 5.82 Å². The van der Waals surface area contributed by atoms with Gasteiger partial charge >= 0.3 is 11.9 Å². The number of hydrogen-bond acceptors (Lipinski definition) is 7. The van der Waals surface area contributed by atoms with Gasteiger partial charge in [-0.15, -0.1) is 0 Å². The maximum absolute atomic E-state index is 13.0. The van der Waals surface area contributed by atoms with Crippen molar-refractivity contribution in [3.63, 3.8) is 0 Å². The number of anilines is 1. The molecule has 0 aliphatic heterocycles. The Balaban J connectivity index is 1.66. The third-order valence-corrected chi connectivity index (χ3v) is 4.31. The van der Waals surface area contributed by atoms with Crippen LogP contribution in [0.1, 0.15) is 33.0 Å². The Morgan fingerprint density at radius 3 is 2.19 bits per heavy atom. The van der Waals surface area contributed by atoms with E-state index < -0.39 is 11.9 Å². The fourth-order valence-electron chi connectivity index (χ4n) is 2.79. The monoisotopic (exact) mass is 426 g/mol. The number of benzene rings is 2. The molecule has 0 aliphatic carbocycles. The molecule has 0 spiro atoms. The van der Waals surface area contributed by atoms with Crippen LogP contribution in [0.4, 0.5) is 10.1 Å². The molecule has 1 heterocycles. The second-order valence-electron chi connectivity index (χ2n) is 6.46. The van der Waals surface area contributed by atoms with Crippen LogP contribution in [-0.4, -0.2) is 37.0 Å². The average molecular weight is 426 g/mol. The predicted octanol–water partition coefficient (Wildman–Crippen LogP) is 3.63. The molecule has 1 aromatic heterocycles. The zero-order valence-electron chi connectivity index (χ0n) is 16.8. The number of halogens is 1. The maximum atomic E-state index is 13.0. The van der Waals surface area contributed by atoms with Crippen LogP contribution in [0, 0.1) is 5.82 Å². The molecule has 2 aromatic carbocycles. The number of nitrogens with one attached hydrogen (secondary N) is 1. The lowest BCUT2D eigenvalue weighted by Crippen LogP contribution is -2.14. The van der Waals surface area contributed by atoms with Gasteiger partial charge in [0, 0.05) is 24.1 Å². The van der Waals surface area contributed by atoms with Crippen molar-refractivity contribution < 1.29 is 32.7 Å². The standard InChI is InChI=1S/C22H19FN2O6/c1-29-21(27)14-9-15(22(28)30-2)11-17(10-14)25-19(26)7-8-20-24-12-18(31-20)13-3-5-16(23)6-4-13/h3-6,9-12H,7-8H2,1-2H3,(H,25,26). The molecule has 0 saturated heterocycles. The van der Waals surface area contributed by atoms with Crippen LogP contribution in [0.3, 0.4) is 0 Å². The Morgan fingerprint density at radius 1 is 1.00 bits per heavy atom. The summed E-state index contributed by atoms with van der Waals surface area (Å²) in [5, 5.41) is 2.63. The first kappa shape index (κ1) is 21.7. The summed E-state index contributed by atoms with van der Waals surface area (Å²) >= 11 is 0. The highest BCUT2D eigenvalue weighted by Crippen LogP contribution is 2.22. The smallest absolute Gasteiger partial charge is 0.337 e. The number of rotatable bonds is 7. The number of esters is 2. The van der Waals surface area contributed by atoms with Gasteiger partial charge in [-0.1, -0.05) is 0 Å². The minimum Gasteiger partial charge on any atom is -0.465 e. The number of oxazole rings is 1. The van der Waals surface area contributed by atoms with E-state index in [1.54, 1.807) is 12.1 Å². The number of nitrogens with zero attached hydrogens (tertiary/aromatic N) is 1. The van der Waals surface area contributed by atoms with Crippen molar-refractivity contribution in [2.24, 2.45) is 0 Å². The molecule has 3 rings (SSSR count). The molecular formula is C22H19FN2O6. The summed E-state index contributed by atoms with van der Waals surface area (Å²) in [5.41, 5.74) is 1.10. The molecule has 1 amide bonds. The molecule has 160 valence electrons. The number of carbonyl (C=O) groups excluding carboxylic acids is 3. The van der Waals surface area contributed by atoms with E-state index in [1.807, 2.05) is 0 Å². The summed E-state index contributed by atoms with van der Waals surface area (Å²) in [5.74, 6) is -1.24. The average Bonchev–Trinajstić information content (AvgIpc) is 3.26. The van der Waals surface area contributed by atoms with Gasteiger partial charge in [0.2, 0.25) is 5.91 Å². The molecule has 0 saturated carbocycles. The van der Waals surface area contributed by atoms with Crippen LogP contribution in [-0.2, 0) is 20.7 Å². The van der Waals surface area contributed by atoms with E-state index in [0.29, 0.717) is 17.2 Å². The summed E-state index contributed by atoms with van der Waals surface area (Å²) in [6.07, 6.45) is 1.76. The number of aromatic nitrogens is 1. The first-order chi connectivity index (χ1) is 14.9. The zero-order chi connectivity index (χ0) is 22.4. The number of methoxy groups -OCH3 is 2. The highest BCUT2D eigenvalue weighted by molar-refractivity contribution is 5.99. The fraction of sp³-hybridized carbons (Fsp3) is 0.182. The SMILES string of the molecule is COC(=O)c1cc(NC(=O)CCc2ncc(-c3ccc(F)cc3)o2)cc(C(=O)OC)c1. The van der Waals surface area contributed by atoms with Gasteiger partial charge in [-0.2, -0.15) is 0 Å². The third-order valence-electron chi connectivity index (χ3n) is 4.31. The van der Waals surface area contributed by atoms with Gasteiger partial charge in [-0.25, -0.2) is 19.0 Å². The Hall–Kier alpha value is -4.01. The summed E-state index contributed by atoms with van der Waals surface area (Å²) in [7, 11) is 2.42. The van der Waals surface area contributed by atoms with Gasteiger partial charge in [0.25, 0.3) is 0 Å². The van der Waals surface area contributed by atoms with Gasteiger partial charge in [0.05, 0.1) is 31.5 Å². The van der Waals surface area contributed by atoms with Crippen LogP contribution < -0.4 is 5.32 Å². The summed E-state index contributed by atoms with van der Waals surface area (Å²) < 4.78 is 28.0. The molecule has 9 heteroatoms. The molecule has 0 bridgehead atoms. The molecule has 0 aliphatic rings. The first-order valence-electron chi connectivity index (χ1n) is 9.22. The molecule has 1 N–H and O–H groups in total. The van der Waals surface area contributed by atoms with E-state index >= 15 is 0 Å². The Labute approximate surface area is 177 Å². The van der Waals surface area contributed by atoms with E-state index in [-0.39, 0.29) is 41.4 Å². The number of hydrogen-bond donors (Lipinski definition) is 1. The molecule has 31 heavy (non-hydrogen) atoms. The predicted molar refractivity (Wildman–Crippen MR) is 108 cm³/mol. The minimum absolute atomic E-state index is 0.0411. The Morgan fingerprint density at radius 2 is 1.61 bits per heavy atom. The first-order valence-corrected chi connectivity index (χ1v) is 9.22. The molecule has 0 atom stereocenters. The second kappa shape index (κ2) is 9.66. The molecular weight excluding hydrogens is 407 g/mol. The zero-order valence-corrected chi connectivity index (χ0v) is 16.8. The third kappa shape index (κ3) is 5.53. The molecule has 0 radical (unpaired) electrons. The number of amides is 1. The largest absolute Gasteiger partial charge is 0.465 e. The lowest BCUT2D eigenvalue weighted by atomic mass is 10.1. The van der Waals surface area contributed by atoms with E-state index in [4.69, 9.17) is 4.42 Å². The molecule has 0 unspecified atom stereocenters. The Bertz CT molecular complexity index is 1070. The number of aryl methyl sites for hydroxylation is 1. The summed E-state index contributed by atoms with van der Waals surface area (Å²) in [4.78, 5) is 40.1. The van der Waals surface area contributed by atoms with Crippen LogP contribution in [0.15, 0.2) is 53.1 Å². The summed E-state index contributed by atoms with van der Waals surface area (Å²) in [6.45, 7) is 0. The highest BCUT2D eigenvalue weighted by atomic mass is 19.1. The van der Waals surface area contributed by atoms with E-state index in [1.165, 1.54) is 50.7 Å². The molecule has 0 fully saturated rings. The van der Waals surface area contributed by atoms with E-state index in [0.717, 1.165) is 0 Å². The van der Waals surface area contributed by atoms with Crippen molar-refractivity contribution in [3.05, 3.63) is 71.5 Å². The lowest BCUT2D eigenvalue weighted by Gasteiger charge is -2.09. The van der Waals surface area contributed by atoms with Crippen LogP contribution in [0.2, 0.25) is 0 Å². The highest BCUT2D eigenvalue weighted by Gasteiger charge is 2.15. The van der Waals surface area contributed by atoms with Crippen molar-refractivity contribution in [2.75, 3.05) is 19.5 Å².